The lowest BCUT2D eigenvalue weighted by atomic mass is 10.2. The molecule has 1 heterocycles. The van der Waals surface area contributed by atoms with Gasteiger partial charge in [-0.2, -0.15) is 0 Å². The first-order valence-electron chi connectivity index (χ1n) is 9.38. The molecule has 5 nitrogen and oxygen atoms in total. The first-order chi connectivity index (χ1) is 13.8. The molecule has 3 rings (SSSR count). The van der Waals surface area contributed by atoms with Gasteiger partial charge in [0.25, 0.3) is 5.56 Å². The van der Waals surface area contributed by atoms with Gasteiger partial charge >= 0.3 is 0 Å². The summed E-state index contributed by atoms with van der Waals surface area (Å²) in [6.07, 6.45) is 0.484. The molecule has 0 saturated carbocycles. The number of hydrogen-bond acceptors (Lipinski definition) is 5. The Labute approximate surface area is 183 Å². The van der Waals surface area contributed by atoms with Gasteiger partial charge in [0.1, 0.15) is 0 Å². The summed E-state index contributed by atoms with van der Waals surface area (Å²) >= 11 is 4.85. The van der Waals surface area contributed by atoms with Crippen LogP contribution < -0.4 is 5.56 Å². The second-order valence-corrected chi connectivity index (χ2v) is 11.3. The Bertz CT molecular complexity index is 1160. The number of rotatable bonds is 8. The molecule has 1 aromatic heterocycles. The lowest BCUT2D eigenvalue weighted by molar-refractivity contribution is 0.475. The second-order valence-electron chi connectivity index (χ2n) is 7.20. The molecule has 0 atom stereocenters. The van der Waals surface area contributed by atoms with E-state index in [2.05, 4.69) is 34.8 Å². The monoisotopic (exact) mass is 494 g/mol. The summed E-state index contributed by atoms with van der Waals surface area (Å²) in [5.41, 5.74) is 0.585. The largest absolute Gasteiger partial charge is 0.287 e. The van der Waals surface area contributed by atoms with Gasteiger partial charge in [-0.3, -0.25) is 9.36 Å². The number of sulfone groups is 1. The third kappa shape index (κ3) is 5.49. The van der Waals surface area contributed by atoms with Crippen LogP contribution in [0.2, 0.25) is 0 Å². The summed E-state index contributed by atoms with van der Waals surface area (Å²) in [6, 6.07) is 14.0. The molecule has 0 saturated heterocycles. The van der Waals surface area contributed by atoms with Gasteiger partial charge in [0.2, 0.25) is 0 Å². The van der Waals surface area contributed by atoms with Crippen LogP contribution >= 0.6 is 27.7 Å². The smallest absolute Gasteiger partial charge is 0.262 e. The van der Waals surface area contributed by atoms with Crippen LogP contribution in [0.5, 0.6) is 0 Å². The summed E-state index contributed by atoms with van der Waals surface area (Å²) < 4.78 is 27.4. The molecule has 0 spiro atoms. The second kappa shape index (κ2) is 9.45. The number of nitrogens with zero attached hydrogens (tertiary/aromatic N) is 2. The SMILES string of the molecule is CC(C)Cn1c(SCCCS(=O)(=O)c2ccccc2)nc2ccc(Br)cc2c1=O. The van der Waals surface area contributed by atoms with Crippen molar-refractivity contribution in [2.75, 3.05) is 11.5 Å². The molecular weight excluding hydrogens is 472 g/mol. The highest BCUT2D eigenvalue weighted by Gasteiger charge is 2.16. The van der Waals surface area contributed by atoms with Crippen molar-refractivity contribution >= 4 is 48.4 Å². The highest BCUT2D eigenvalue weighted by atomic mass is 79.9. The van der Waals surface area contributed by atoms with Crippen molar-refractivity contribution in [3.05, 3.63) is 63.4 Å². The number of thioether (sulfide) groups is 1. The van der Waals surface area contributed by atoms with E-state index in [1.165, 1.54) is 11.8 Å². The Morgan fingerprint density at radius 2 is 1.86 bits per heavy atom. The Hall–Kier alpha value is -1.64. The maximum atomic E-state index is 13.0. The minimum atomic E-state index is -3.30. The standard InChI is InChI=1S/C21H23BrN2O3S2/c1-15(2)14-24-20(25)18-13-16(22)9-10-19(18)23-21(24)28-11-6-12-29(26,27)17-7-4-3-5-8-17/h3-5,7-10,13,15H,6,11-12,14H2,1-2H3. The van der Waals surface area contributed by atoms with Gasteiger partial charge in [-0.1, -0.05) is 59.7 Å². The van der Waals surface area contributed by atoms with Crippen molar-refractivity contribution < 1.29 is 8.42 Å². The lowest BCUT2D eigenvalue weighted by Crippen LogP contribution is -2.25. The number of fused-ring (bicyclic) bond motifs is 1. The molecule has 8 heteroatoms. The summed E-state index contributed by atoms with van der Waals surface area (Å²) in [7, 11) is -3.30. The third-order valence-electron chi connectivity index (χ3n) is 4.32. The van der Waals surface area contributed by atoms with E-state index in [0.29, 0.717) is 39.7 Å². The summed E-state index contributed by atoms with van der Waals surface area (Å²) in [5, 5.41) is 1.21. The zero-order valence-corrected chi connectivity index (χ0v) is 19.6. The van der Waals surface area contributed by atoms with Gasteiger partial charge < -0.3 is 0 Å². The lowest BCUT2D eigenvalue weighted by Gasteiger charge is -2.15. The van der Waals surface area contributed by atoms with E-state index in [4.69, 9.17) is 0 Å². The van der Waals surface area contributed by atoms with E-state index in [0.717, 1.165) is 4.47 Å². The fraction of sp³-hybridized carbons (Fsp3) is 0.333. The molecular formula is C21H23BrN2O3S2. The molecule has 3 aromatic rings. The molecule has 0 N–H and O–H groups in total. The summed E-state index contributed by atoms with van der Waals surface area (Å²) in [4.78, 5) is 18.0. The molecule has 0 aliphatic carbocycles. The van der Waals surface area contributed by atoms with Crippen LogP contribution in [0.1, 0.15) is 20.3 Å². The van der Waals surface area contributed by atoms with Crippen molar-refractivity contribution in [2.45, 2.75) is 36.9 Å². The molecule has 0 amide bonds. The first-order valence-corrected chi connectivity index (χ1v) is 12.8. The van der Waals surface area contributed by atoms with Gasteiger partial charge in [-0.15, -0.1) is 0 Å². The van der Waals surface area contributed by atoms with Crippen molar-refractivity contribution in [1.82, 2.24) is 9.55 Å². The van der Waals surface area contributed by atoms with Gasteiger partial charge in [0, 0.05) is 16.8 Å². The Kier molecular flexibility index (Phi) is 7.19. The number of benzene rings is 2. The number of aromatic nitrogens is 2. The molecule has 0 fully saturated rings. The topological polar surface area (TPSA) is 69.0 Å². The van der Waals surface area contributed by atoms with Crippen LogP contribution in [0.15, 0.2) is 67.9 Å². The molecule has 0 aliphatic rings. The normalized spacial score (nSPS) is 12.0. The van der Waals surface area contributed by atoms with Gasteiger partial charge in [-0.25, -0.2) is 13.4 Å². The van der Waals surface area contributed by atoms with Crippen LogP contribution in [-0.4, -0.2) is 29.5 Å². The van der Waals surface area contributed by atoms with E-state index >= 15 is 0 Å². The van der Waals surface area contributed by atoms with Crippen LogP contribution in [0.25, 0.3) is 10.9 Å². The van der Waals surface area contributed by atoms with Crippen molar-refractivity contribution in [3.8, 4) is 0 Å². The van der Waals surface area contributed by atoms with Crippen LogP contribution in [0, 0.1) is 5.92 Å². The zero-order chi connectivity index (χ0) is 21.0. The fourth-order valence-electron chi connectivity index (χ4n) is 2.97. The molecule has 0 radical (unpaired) electrons. The molecule has 0 unspecified atom stereocenters. The van der Waals surface area contributed by atoms with E-state index in [1.54, 1.807) is 41.0 Å². The summed E-state index contributed by atoms with van der Waals surface area (Å²) in [6.45, 7) is 4.68. The zero-order valence-electron chi connectivity index (χ0n) is 16.3. The number of halogens is 1. The van der Waals surface area contributed by atoms with E-state index in [9.17, 15) is 13.2 Å². The van der Waals surface area contributed by atoms with Gasteiger partial charge in [-0.05, 0) is 42.7 Å². The molecule has 2 aromatic carbocycles. The van der Waals surface area contributed by atoms with Crippen molar-refractivity contribution in [1.29, 1.82) is 0 Å². The van der Waals surface area contributed by atoms with Crippen LogP contribution in [-0.2, 0) is 16.4 Å². The number of hydrogen-bond donors (Lipinski definition) is 0. The average Bonchev–Trinajstić information content (AvgIpc) is 2.69. The Morgan fingerprint density at radius 1 is 1.14 bits per heavy atom. The Morgan fingerprint density at radius 3 is 2.55 bits per heavy atom. The maximum absolute atomic E-state index is 13.0. The predicted molar refractivity (Wildman–Crippen MR) is 122 cm³/mol. The molecule has 29 heavy (non-hydrogen) atoms. The van der Waals surface area contributed by atoms with Crippen LogP contribution in [0.4, 0.5) is 0 Å². The first kappa shape index (κ1) is 22.1. The van der Waals surface area contributed by atoms with Gasteiger partial charge in [0.05, 0.1) is 21.6 Å². The average molecular weight is 495 g/mol. The highest BCUT2D eigenvalue weighted by Crippen LogP contribution is 2.22. The van der Waals surface area contributed by atoms with Crippen molar-refractivity contribution in [2.24, 2.45) is 5.92 Å². The minimum absolute atomic E-state index is 0.0654. The fourth-order valence-corrected chi connectivity index (χ4v) is 5.79. The maximum Gasteiger partial charge on any atom is 0.262 e. The third-order valence-corrected chi connectivity index (χ3v) is 7.69. The summed E-state index contributed by atoms with van der Waals surface area (Å²) in [5.74, 6) is 0.925. The molecule has 0 aliphatic heterocycles. The van der Waals surface area contributed by atoms with Gasteiger partial charge in [0.15, 0.2) is 15.0 Å². The molecule has 154 valence electrons. The minimum Gasteiger partial charge on any atom is -0.287 e. The van der Waals surface area contributed by atoms with Crippen LogP contribution in [0.3, 0.4) is 0 Å². The molecule has 0 bridgehead atoms. The Balaban J connectivity index is 1.78. The highest BCUT2D eigenvalue weighted by molar-refractivity contribution is 9.10. The quantitative estimate of drug-likeness (QED) is 0.256. The van der Waals surface area contributed by atoms with E-state index in [-0.39, 0.29) is 17.2 Å². The van der Waals surface area contributed by atoms with E-state index < -0.39 is 9.84 Å². The van der Waals surface area contributed by atoms with E-state index in [1.807, 2.05) is 12.1 Å². The predicted octanol–water partition coefficient (Wildman–Crippen LogP) is 4.77. The van der Waals surface area contributed by atoms with Crippen molar-refractivity contribution in [3.63, 3.8) is 0 Å².